The maximum Gasteiger partial charge on any atom is 0.174 e. The monoisotopic (exact) mass is 445 g/mol. The van der Waals surface area contributed by atoms with E-state index in [0.29, 0.717) is 0 Å². The van der Waals surface area contributed by atoms with Gasteiger partial charge >= 0.3 is 0 Å². The summed E-state index contributed by atoms with van der Waals surface area (Å²) < 4.78 is 0. The predicted octanol–water partition coefficient (Wildman–Crippen LogP) is 7.02. The van der Waals surface area contributed by atoms with Crippen molar-refractivity contribution in [2.45, 2.75) is 79.6 Å². The van der Waals surface area contributed by atoms with Gasteiger partial charge in [-0.15, -0.1) is 0 Å². The number of likely N-dealkylation sites (N-methyl/N-ethyl adjacent to an activating group) is 1. The van der Waals surface area contributed by atoms with Crippen molar-refractivity contribution < 1.29 is 0 Å². The van der Waals surface area contributed by atoms with Gasteiger partial charge in [-0.3, -0.25) is 0 Å². The Morgan fingerprint density at radius 1 is 0.625 bits per heavy atom. The molecular weight excluding hydrogens is 402 g/mol. The molecule has 0 bridgehead atoms. The third-order valence-electron chi connectivity index (χ3n) is 7.25. The quantitative estimate of drug-likeness (QED) is 0.317. The Bertz CT molecular complexity index is 867. The molecule has 2 aromatic carbocycles. The van der Waals surface area contributed by atoms with Gasteiger partial charge in [0.1, 0.15) is 0 Å². The maximum absolute atomic E-state index is 2.68. The summed E-state index contributed by atoms with van der Waals surface area (Å²) in [6.07, 6.45) is 8.63. The third kappa shape index (κ3) is 4.39. The maximum atomic E-state index is 2.68. The predicted molar refractivity (Wildman–Crippen MR) is 144 cm³/mol. The summed E-state index contributed by atoms with van der Waals surface area (Å²) in [5.74, 6) is 0. The summed E-state index contributed by atoms with van der Waals surface area (Å²) in [6, 6.07) is 23.2. The molecular formula is C30H43NSi. The van der Waals surface area contributed by atoms with Crippen molar-refractivity contribution >= 4 is 18.4 Å². The van der Waals surface area contributed by atoms with E-state index in [4.69, 9.17) is 0 Å². The van der Waals surface area contributed by atoms with E-state index in [9.17, 15) is 0 Å². The largest absolute Gasteiger partial charge is 0.372 e. The molecule has 3 rings (SSSR count). The average molecular weight is 446 g/mol. The molecule has 0 saturated carbocycles. The zero-order valence-corrected chi connectivity index (χ0v) is 22.1. The minimum absolute atomic E-state index is 1.08. The second-order valence-electron chi connectivity index (χ2n) is 9.00. The first-order chi connectivity index (χ1) is 15.7. The van der Waals surface area contributed by atoms with Gasteiger partial charge < -0.3 is 4.90 Å². The van der Waals surface area contributed by atoms with Crippen LogP contribution in [0.25, 0.3) is 0 Å². The van der Waals surface area contributed by atoms with Gasteiger partial charge in [0, 0.05) is 18.8 Å². The van der Waals surface area contributed by atoms with Crippen LogP contribution in [-0.4, -0.2) is 26.1 Å². The zero-order valence-electron chi connectivity index (χ0n) is 21.1. The van der Waals surface area contributed by atoms with Gasteiger partial charge in [-0.1, -0.05) is 112 Å². The van der Waals surface area contributed by atoms with E-state index in [1.807, 2.05) is 0 Å². The minimum atomic E-state index is -2.24. The van der Waals surface area contributed by atoms with E-state index < -0.39 is 8.07 Å². The first kappa shape index (κ1) is 24.6. The van der Waals surface area contributed by atoms with Crippen LogP contribution in [0, 0.1) is 0 Å². The fourth-order valence-electron chi connectivity index (χ4n) is 5.80. The van der Waals surface area contributed by atoms with Crippen LogP contribution < -0.4 is 10.4 Å². The van der Waals surface area contributed by atoms with Crippen LogP contribution in [0.3, 0.4) is 0 Å². The Hall–Kier alpha value is -2.06. The van der Waals surface area contributed by atoms with Gasteiger partial charge in [0.2, 0.25) is 0 Å². The molecule has 1 heterocycles. The van der Waals surface area contributed by atoms with Crippen molar-refractivity contribution in [3.05, 3.63) is 82.3 Å². The number of hydrogen-bond donors (Lipinski definition) is 0. The molecule has 0 fully saturated rings. The standard InChI is InChI=1S/C30H43NSi/c1-6-11-23-28-27(8-3)30(31(9-4)10-5)29(24-12-7-2)32(28,25-19-15-13-16-20-25)26-21-17-14-18-22-26/h13-22H,6-12,23-24H2,1-5H3. The Morgan fingerprint density at radius 3 is 1.50 bits per heavy atom. The number of allylic oxidation sites excluding steroid dienone is 3. The van der Waals surface area contributed by atoms with Crippen molar-refractivity contribution in [2.24, 2.45) is 0 Å². The second-order valence-corrected chi connectivity index (χ2v) is 12.9. The topological polar surface area (TPSA) is 3.24 Å². The van der Waals surface area contributed by atoms with E-state index in [1.54, 1.807) is 32.0 Å². The second kappa shape index (κ2) is 11.7. The molecule has 0 spiro atoms. The summed E-state index contributed by atoms with van der Waals surface area (Å²) in [5.41, 5.74) is 3.30. The molecule has 0 aromatic heterocycles. The van der Waals surface area contributed by atoms with E-state index in [1.165, 1.54) is 38.5 Å². The van der Waals surface area contributed by atoms with E-state index >= 15 is 0 Å². The summed E-state index contributed by atoms with van der Waals surface area (Å²) in [6.45, 7) is 13.9. The van der Waals surface area contributed by atoms with Crippen molar-refractivity contribution in [2.75, 3.05) is 13.1 Å². The highest BCUT2D eigenvalue weighted by Crippen LogP contribution is 2.45. The molecule has 1 nitrogen and oxygen atoms in total. The lowest BCUT2D eigenvalue weighted by Crippen LogP contribution is -2.61. The van der Waals surface area contributed by atoms with E-state index in [2.05, 4.69) is 100 Å². The Kier molecular flexibility index (Phi) is 8.99. The number of unbranched alkanes of at least 4 members (excludes halogenated alkanes) is 2. The molecule has 32 heavy (non-hydrogen) atoms. The summed E-state index contributed by atoms with van der Waals surface area (Å²) >= 11 is 0. The molecule has 0 saturated heterocycles. The molecule has 0 amide bonds. The Labute approximate surface area is 198 Å². The Morgan fingerprint density at radius 2 is 1.09 bits per heavy atom. The lowest BCUT2D eigenvalue weighted by Gasteiger charge is -2.36. The minimum Gasteiger partial charge on any atom is -0.372 e. The van der Waals surface area contributed by atoms with Gasteiger partial charge in [-0.25, -0.2) is 0 Å². The normalized spacial score (nSPS) is 15.5. The Balaban J connectivity index is 2.45. The lowest BCUT2D eigenvalue weighted by molar-refractivity contribution is 0.384. The average Bonchev–Trinajstić information content (AvgIpc) is 3.13. The number of hydrogen-bond acceptors (Lipinski definition) is 1. The van der Waals surface area contributed by atoms with Crippen molar-refractivity contribution in [1.29, 1.82) is 0 Å². The lowest BCUT2D eigenvalue weighted by atomic mass is 10.0. The van der Waals surface area contributed by atoms with E-state index in [-0.39, 0.29) is 0 Å². The molecule has 1 aliphatic rings. The van der Waals surface area contributed by atoms with Crippen LogP contribution in [0.2, 0.25) is 0 Å². The molecule has 172 valence electrons. The SMILES string of the molecule is CCCCC1=C(CC)C(N(CC)CC)=C(CCCC)[Si]1(c1ccccc1)c1ccccc1. The van der Waals surface area contributed by atoms with Crippen LogP contribution in [0.5, 0.6) is 0 Å². The molecule has 0 atom stereocenters. The molecule has 1 aliphatic heterocycles. The first-order valence-electron chi connectivity index (χ1n) is 13.0. The van der Waals surface area contributed by atoms with Crippen LogP contribution in [0.15, 0.2) is 82.3 Å². The van der Waals surface area contributed by atoms with Gasteiger partial charge in [-0.2, -0.15) is 0 Å². The highest BCUT2D eigenvalue weighted by atomic mass is 28.3. The van der Waals surface area contributed by atoms with Crippen LogP contribution in [-0.2, 0) is 0 Å². The number of benzene rings is 2. The van der Waals surface area contributed by atoms with E-state index in [0.717, 1.165) is 19.5 Å². The summed E-state index contributed by atoms with van der Waals surface area (Å²) in [5, 5.41) is 6.74. The first-order valence-corrected chi connectivity index (χ1v) is 15.0. The van der Waals surface area contributed by atoms with Crippen molar-refractivity contribution in [1.82, 2.24) is 4.90 Å². The smallest absolute Gasteiger partial charge is 0.174 e. The number of nitrogens with zero attached hydrogens (tertiary/aromatic N) is 1. The molecule has 0 unspecified atom stereocenters. The highest BCUT2D eigenvalue weighted by Gasteiger charge is 2.51. The molecule has 2 aromatic rings. The highest BCUT2D eigenvalue weighted by molar-refractivity contribution is 7.13. The van der Waals surface area contributed by atoms with Crippen LogP contribution in [0.1, 0.15) is 79.6 Å². The van der Waals surface area contributed by atoms with Gasteiger partial charge in [0.05, 0.1) is 0 Å². The third-order valence-corrected chi connectivity index (χ3v) is 12.5. The molecule has 0 aliphatic carbocycles. The van der Waals surface area contributed by atoms with Gasteiger partial charge in [-0.05, 0) is 54.3 Å². The molecule has 2 heteroatoms. The van der Waals surface area contributed by atoms with Gasteiger partial charge in [0.25, 0.3) is 0 Å². The zero-order chi connectivity index (χ0) is 23.0. The van der Waals surface area contributed by atoms with Gasteiger partial charge in [0.15, 0.2) is 8.07 Å². The summed E-state index contributed by atoms with van der Waals surface area (Å²) in [7, 11) is -2.24. The summed E-state index contributed by atoms with van der Waals surface area (Å²) in [4.78, 5) is 2.68. The molecule has 0 radical (unpaired) electrons. The van der Waals surface area contributed by atoms with Crippen molar-refractivity contribution in [3.63, 3.8) is 0 Å². The number of rotatable bonds is 12. The van der Waals surface area contributed by atoms with Crippen molar-refractivity contribution in [3.8, 4) is 0 Å². The molecule has 0 N–H and O–H groups in total. The fraction of sp³-hybridized carbons (Fsp3) is 0.467. The fourth-order valence-corrected chi connectivity index (χ4v) is 11.8. The van der Waals surface area contributed by atoms with Crippen LogP contribution in [0.4, 0.5) is 0 Å². The van der Waals surface area contributed by atoms with Crippen LogP contribution >= 0.6 is 0 Å².